The van der Waals surface area contributed by atoms with E-state index in [1.54, 1.807) is 6.92 Å². The Morgan fingerprint density at radius 1 is 1.45 bits per heavy atom. The molecule has 0 radical (unpaired) electrons. The number of H-pyrrole nitrogens is 1. The maximum Gasteiger partial charge on any atom is 0.260 e. The summed E-state index contributed by atoms with van der Waals surface area (Å²) in [5.41, 5.74) is 0.894. The minimum atomic E-state index is -3.70. The number of aromatic amines is 1. The SMILES string of the molecule is Cc1[nH]nc(S(=O)(=O)NC(C)CN2CCCC2)c1CO. The summed E-state index contributed by atoms with van der Waals surface area (Å²) in [6, 6.07) is -0.193. The molecule has 2 rings (SSSR count). The van der Waals surface area contributed by atoms with Crippen LogP contribution in [0.15, 0.2) is 5.03 Å². The Bertz CT molecular complexity index is 549. The van der Waals surface area contributed by atoms with Crippen molar-refractivity contribution < 1.29 is 13.5 Å². The maximum absolute atomic E-state index is 12.3. The largest absolute Gasteiger partial charge is 0.392 e. The molecule has 8 heteroatoms. The molecule has 1 fully saturated rings. The standard InChI is InChI=1S/C12H22N4O3S/c1-9(7-16-5-3-4-6-16)15-20(18,19)12-11(8-17)10(2)13-14-12/h9,15,17H,3-8H2,1-2H3,(H,13,14). The number of aromatic nitrogens is 2. The fourth-order valence-electron chi connectivity index (χ4n) is 2.55. The molecule has 0 saturated carbocycles. The van der Waals surface area contributed by atoms with E-state index in [4.69, 9.17) is 0 Å². The number of hydrogen-bond acceptors (Lipinski definition) is 5. The van der Waals surface area contributed by atoms with E-state index in [0.717, 1.165) is 13.1 Å². The van der Waals surface area contributed by atoms with Crippen LogP contribution in [0.4, 0.5) is 0 Å². The van der Waals surface area contributed by atoms with Crippen molar-refractivity contribution in [3.05, 3.63) is 11.3 Å². The van der Waals surface area contributed by atoms with Gasteiger partial charge in [0.2, 0.25) is 0 Å². The number of aliphatic hydroxyl groups is 1. The summed E-state index contributed by atoms with van der Waals surface area (Å²) in [4.78, 5) is 2.25. The molecule has 1 saturated heterocycles. The Kier molecular flexibility index (Phi) is 4.79. The summed E-state index contributed by atoms with van der Waals surface area (Å²) in [6.07, 6.45) is 2.35. The molecule has 0 bridgehead atoms. The molecule has 0 aliphatic carbocycles. The first-order chi connectivity index (χ1) is 9.44. The van der Waals surface area contributed by atoms with Crippen LogP contribution in [0.25, 0.3) is 0 Å². The van der Waals surface area contributed by atoms with E-state index >= 15 is 0 Å². The Morgan fingerprint density at radius 2 is 2.10 bits per heavy atom. The monoisotopic (exact) mass is 302 g/mol. The second-order valence-electron chi connectivity index (χ2n) is 5.32. The fraction of sp³-hybridized carbons (Fsp3) is 0.750. The Morgan fingerprint density at radius 3 is 2.70 bits per heavy atom. The Labute approximate surface area is 119 Å². The summed E-state index contributed by atoms with van der Waals surface area (Å²) in [7, 11) is -3.70. The smallest absolute Gasteiger partial charge is 0.260 e. The summed E-state index contributed by atoms with van der Waals surface area (Å²) in [5.74, 6) is 0. The first-order valence-corrected chi connectivity index (χ1v) is 8.31. The van der Waals surface area contributed by atoms with Crippen molar-refractivity contribution in [1.82, 2.24) is 19.8 Å². The predicted molar refractivity (Wildman–Crippen MR) is 74.7 cm³/mol. The number of sulfonamides is 1. The van der Waals surface area contributed by atoms with E-state index in [1.165, 1.54) is 12.8 Å². The normalized spacial score (nSPS) is 18.6. The van der Waals surface area contributed by atoms with Crippen LogP contribution in [-0.2, 0) is 16.6 Å². The number of aryl methyl sites for hydroxylation is 1. The molecule has 20 heavy (non-hydrogen) atoms. The summed E-state index contributed by atoms with van der Waals surface area (Å²) >= 11 is 0. The second-order valence-corrected chi connectivity index (χ2v) is 6.95. The fourth-order valence-corrected chi connectivity index (χ4v) is 3.97. The van der Waals surface area contributed by atoms with E-state index in [-0.39, 0.29) is 17.7 Å². The van der Waals surface area contributed by atoms with E-state index in [9.17, 15) is 13.5 Å². The molecule has 0 amide bonds. The van der Waals surface area contributed by atoms with Crippen molar-refractivity contribution >= 4 is 10.0 Å². The van der Waals surface area contributed by atoms with E-state index in [0.29, 0.717) is 17.8 Å². The quantitative estimate of drug-likeness (QED) is 0.685. The molecule has 0 spiro atoms. The third-order valence-corrected chi connectivity index (χ3v) is 5.10. The van der Waals surface area contributed by atoms with Gasteiger partial charge in [-0.2, -0.15) is 5.10 Å². The zero-order valence-electron chi connectivity index (χ0n) is 11.9. The van der Waals surface area contributed by atoms with Crippen LogP contribution in [0.2, 0.25) is 0 Å². The minimum Gasteiger partial charge on any atom is -0.392 e. The zero-order chi connectivity index (χ0) is 14.8. The minimum absolute atomic E-state index is 0.106. The third-order valence-electron chi connectivity index (χ3n) is 3.54. The van der Waals surface area contributed by atoms with E-state index < -0.39 is 10.0 Å². The number of aliphatic hydroxyl groups excluding tert-OH is 1. The molecule has 1 aliphatic rings. The molecule has 1 atom stereocenters. The molecule has 3 N–H and O–H groups in total. The molecule has 1 aromatic heterocycles. The Hall–Kier alpha value is -0.960. The third kappa shape index (κ3) is 3.38. The molecular formula is C12H22N4O3S. The number of nitrogens with one attached hydrogen (secondary N) is 2. The lowest BCUT2D eigenvalue weighted by Gasteiger charge is -2.20. The van der Waals surface area contributed by atoms with Crippen molar-refractivity contribution in [1.29, 1.82) is 0 Å². The number of hydrogen-bond donors (Lipinski definition) is 3. The topological polar surface area (TPSA) is 98.3 Å². The molecule has 7 nitrogen and oxygen atoms in total. The van der Waals surface area contributed by atoms with Gasteiger partial charge in [-0.05, 0) is 39.8 Å². The van der Waals surface area contributed by atoms with Gasteiger partial charge in [0.1, 0.15) is 0 Å². The lowest BCUT2D eigenvalue weighted by molar-refractivity contribution is 0.277. The maximum atomic E-state index is 12.3. The lowest BCUT2D eigenvalue weighted by Crippen LogP contribution is -2.41. The van der Waals surface area contributed by atoms with Gasteiger partial charge in [-0.3, -0.25) is 5.10 Å². The first-order valence-electron chi connectivity index (χ1n) is 6.83. The van der Waals surface area contributed by atoms with Crippen molar-refractivity contribution in [3.8, 4) is 0 Å². The average Bonchev–Trinajstić information content (AvgIpc) is 2.97. The summed E-state index contributed by atoms with van der Waals surface area (Å²) < 4.78 is 27.2. The van der Waals surface area contributed by atoms with Crippen LogP contribution in [-0.4, -0.2) is 54.3 Å². The van der Waals surface area contributed by atoms with Crippen LogP contribution in [0, 0.1) is 6.92 Å². The lowest BCUT2D eigenvalue weighted by atomic mass is 10.3. The van der Waals surface area contributed by atoms with Gasteiger partial charge < -0.3 is 10.0 Å². The van der Waals surface area contributed by atoms with Gasteiger partial charge in [-0.15, -0.1) is 0 Å². The van der Waals surface area contributed by atoms with Crippen molar-refractivity contribution in [2.75, 3.05) is 19.6 Å². The van der Waals surface area contributed by atoms with Gasteiger partial charge in [0, 0.05) is 23.8 Å². The highest BCUT2D eigenvalue weighted by Crippen LogP contribution is 2.16. The van der Waals surface area contributed by atoms with Gasteiger partial charge in [-0.25, -0.2) is 13.1 Å². The van der Waals surface area contributed by atoms with Gasteiger partial charge in [0.25, 0.3) is 10.0 Å². The molecule has 0 aromatic carbocycles. The number of rotatable bonds is 6. The second kappa shape index (κ2) is 6.21. The van der Waals surface area contributed by atoms with E-state index in [2.05, 4.69) is 19.8 Å². The number of nitrogens with zero attached hydrogens (tertiary/aromatic N) is 2. The van der Waals surface area contributed by atoms with Crippen LogP contribution in [0.1, 0.15) is 31.0 Å². The first kappa shape index (κ1) is 15.4. The highest BCUT2D eigenvalue weighted by atomic mass is 32.2. The highest BCUT2D eigenvalue weighted by molar-refractivity contribution is 7.89. The van der Waals surface area contributed by atoms with Crippen molar-refractivity contribution in [2.24, 2.45) is 0 Å². The van der Waals surface area contributed by atoms with Crippen molar-refractivity contribution in [2.45, 2.75) is 44.4 Å². The predicted octanol–water partition coefficient (Wildman–Crippen LogP) is -0.0270. The highest BCUT2D eigenvalue weighted by Gasteiger charge is 2.26. The molecule has 114 valence electrons. The van der Waals surface area contributed by atoms with Crippen LogP contribution >= 0.6 is 0 Å². The van der Waals surface area contributed by atoms with Gasteiger partial charge in [-0.1, -0.05) is 0 Å². The van der Waals surface area contributed by atoms with Gasteiger partial charge >= 0.3 is 0 Å². The van der Waals surface area contributed by atoms with E-state index in [1.807, 2.05) is 6.92 Å². The summed E-state index contributed by atoms with van der Waals surface area (Å²) in [5, 5.41) is 15.5. The number of likely N-dealkylation sites (tertiary alicyclic amines) is 1. The zero-order valence-corrected chi connectivity index (χ0v) is 12.7. The van der Waals surface area contributed by atoms with Crippen molar-refractivity contribution in [3.63, 3.8) is 0 Å². The van der Waals surface area contributed by atoms with Gasteiger partial charge in [0.05, 0.1) is 6.61 Å². The van der Waals surface area contributed by atoms with Crippen LogP contribution < -0.4 is 4.72 Å². The molecule has 1 unspecified atom stereocenters. The average molecular weight is 302 g/mol. The van der Waals surface area contributed by atoms with Gasteiger partial charge in [0.15, 0.2) is 5.03 Å². The summed E-state index contributed by atoms with van der Waals surface area (Å²) in [6.45, 7) is 5.92. The van der Waals surface area contributed by atoms with Crippen LogP contribution in [0.3, 0.4) is 0 Å². The Balaban J connectivity index is 2.06. The van der Waals surface area contributed by atoms with Crippen LogP contribution in [0.5, 0.6) is 0 Å². The molecular weight excluding hydrogens is 280 g/mol. The molecule has 2 heterocycles. The molecule has 1 aliphatic heterocycles. The molecule has 1 aromatic rings.